The van der Waals surface area contributed by atoms with Crippen LogP contribution in [-0.2, 0) is 0 Å². The van der Waals surface area contributed by atoms with E-state index in [1.165, 1.54) is 12.5 Å². The number of hydrogen-bond acceptors (Lipinski definition) is 3. The molecule has 2 amide bonds. The number of rotatable bonds is 3. The number of aromatic amines is 1. The van der Waals surface area contributed by atoms with E-state index in [0.717, 1.165) is 31.5 Å². The monoisotopic (exact) mass is 298 g/mol. The van der Waals surface area contributed by atoms with Crippen molar-refractivity contribution < 1.29 is 9.59 Å². The van der Waals surface area contributed by atoms with E-state index in [1.54, 1.807) is 12.1 Å². The molecule has 0 unspecified atom stereocenters. The number of nitrogens with zero attached hydrogens (tertiary/aromatic N) is 2. The van der Waals surface area contributed by atoms with Crippen molar-refractivity contribution in [2.24, 2.45) is 0 Å². The average molecular weight is 298 g/mol. The number of amides is 2. The lowest BCUT2D eigenvalue weighted by atomic mass is 10.1. The first-order chi connectivity index (χ1) is 10.6. The van der Waals surface area contributed by atoms with Crippen LogP contribution in [0.25, 0.3) is 0 Å². The van der Waals surface area contributed by atoms with Crippen molar-refractivity contribution in [1.82, 2.24) is 14.9 Å². The molecule has 1 saturated heterocycles. The second kappa shape index (κ2) is 6.01. The average Bonchev–Trinajstić information content (AvgIpc) is 3.21. The third-order valence-electron chi connectivity index (χ3n) is 3.86. The van der Waals surface area contributed by atoms with E-state index in [-0.39, 0.29) is 11.8 Å². The van der Waals surface area contributed by atoms with Gasteiger partial charge in [-0.3, -0.25) is 9.59 Å². The molecular weight excluding hydrogens is 280 g/mol. The summed E-state index contributed by atoms with van der Waals surface area (Å²) in [6.45, 7) is 3.54. The summed E-state index contributed by atoms with van der Waals surface area (Å²) < 4.78 is 0. The van der Waals surface area contributed by atoms with Gasteiger partial charge in [0.05, 0.1) is 12.5 Å². The molecule has 0 bridgehead atoms. The number of imidazole rings is 1. The molecule has 1 aliphatic heterocycles. The van der Waals surface area contributed by atoms with Gasteiger partial charge in [-0.2, -0.15) is 0 Å². The predicted octanol–water partition coefficient (Wildman–Crippen LogP) is 2.21. The van der Waals surface area contributed by atoms with Crippen LogP contribution in [0.5, 0.6) is 0 Å². The van der Waals surface area contributed by atoms with Crippen molar-refractivity contribution in [2.75, 3.05) is 18.4 Å². The van der Waals surface area contributed by atoms with Gasteiger partial charge in [0.15, 0.2) is 0 Å². The molecule has 0 atom stereocenters. The Hall–Kier alpha value is -2.63. The summed E-state index contributed by atoms with van der Waals surface area (Å²) in [6, 6.07) is 5.35. The molecule has 6 nitrogen and oxygen atoms in total. The Morgan fingerprint density at radius 3 is 2.68 bits per heavy atom. The van der Waals surface area contributed by atoms with Crippen LogP contribution in [0, 0.1) is 6.92 Å². The minimum absolute atomic E-state index is 0.0621. The van der Waals surface area contributed by atoms with E-state index in [9.17, 15) is 9.59 Å². The third-order valence-corrected chi connectivity index (χ3v) is 3.86. The maximum Gasteiger partial charge on any atom is 0.273 e. The number of nitrogens with one attached hydrogen (secondary N) is 2. The van der Waals surface area contributed by atoms with Gasteiger partial charge in [-0.1, -0.05) is 0 Å². The molecular formula is C16H18N4O2. The van der Waals surface area contributed by atoms with Crippen LogP contribution >= 0.6 is 0 Å². The highest BCUT2D eigenvalue weighted by atomic mass is 16.2. The van der Waals surface area contributed by atoms with Gasteiger partial charge < -0.3 is 15.2 Å². The van der Waals surface area contributed by atoms with Crippen molar-refractivity contribution >= 4 is 17.5 Å². The molecule has 1 aromatic carbocycles. The number of anilines is 1. The van der Waals surface area contributed by atoms with Gasteiger partial charge in [0.25, 0.3) is 11.8 Å². The normalized spacial score (nSPS) is 14.1. The fraction of sp³-hybridized carbons (Fsp3) is 0.312. The summed E-state index contributed by atoms with van der Waals surface area (Å²) in [4.78, 5) is 32.8. The van der Waals surface area contributed by atoms with Gasteiger partial charge in [-0.25, -0.2) is 4.98 Å². The number of carbonyl (C=O) groups excluding carboxylic acids is 2. The third kappa shape index (κ3) is 2.86. The second-order valence-electron chi connectivity index (χ2n) is 5.45. The molecule has 0 aliphatic carbocycles. The van der Waals surface area contributed by atoms with E-state index in [4.69, 9.17) is 0 Å². The van der Waals surface area contributed by atoms with Crippen molar-refractivity contribution in [1.29, 1.82) is 0 Å². The molecule has 0 spiro atoms. The number of carbonyl (C=O) groups is 2. The van der Waals surface area contributed by atoms with E-state index < -0.39 is 0 Å². The number of hydrogen-bond donors (Lipinski definition) is 2. The molecule has 0 saturated carbocycles. The van der Waals surface area contributed by atoms with E-state index in [2.05, 4.69) is 15.3 Å². The van der Waals surface area contributed by atoms with Crippen LogP contribution in [0.3, 0.4) is 0 Å². The molecule has 3 rings (SSSR count). The molecule has 22 heavy (non-hydrogen) atoms. The molecule has 2 heterocycles. The van der Waals surface area contributed by atoms with Crippen molar-refractivity contribution in [3.05, 3.63) is 47.5 Å². The molecule has 2 N–H and O–H groups in total. The zero-order chi connectivity index (χ0) is 15.5. The maximum atomic E-state index is 12.3. The summed E-state index contributed by atoms with van der Waals surface area (Å²) >= 11 is 0. The minimum Gasteiger partial charge on any atom is -0.341 e. The van der Waals surface area contributed by atoms with Crippen molar-refractivity contribution in [3.63, 3.8) is 0 Å². The highest BCUT2D eigenvalue weighted by Crippen LogP contribution is 2.20. The van der Waals surface area contributed by atoms with Crippen molar-refractivity contribution in [3.8, 4) is 0 Å². The highest BCUT2D eigenvalue weighted by Gasteiger charge is 2.20. The van der Waals surface area contributed by atoms with E-state index in [0.29, 0.717) is 16.9 Å². The van der Waals surface area contributed by atoms with Crippen LogP contribution in [0.2, 0.25) is 0 Å². The molecule has 0 radical (unpaired) electrons. The Morgan fingerprint density at radius 2 is 2.05 bits per heavy atom. The van der Waals surface area contributed by atoms with Gasteiger partial charge in [0, 0.05) is 24.3 Å². The first kappa shape index (κ1) is 14.3. The lowest BCUT2D eigenvalue weighted by Crippen LogP contribution is -2.27. The Labute approximate surface area is 128 Å². The largest absolute Gasteiger partial charge is 0.341 e. The van der Waals surface area contributed by atoms with Crippen LogP contribution in [0.1, 0.15) is 39.3 Å². The fourth-order valence-corrected chi connectivity index (χ4v) is 2.61. The van der Waals surface area contributed by atoms with E-state index in [1.807, 2.05) is 17.9 Å². The number of H-pyrrole nitrogens is 1. The topological polar surface area (TPSA) is 78.1 Å². The Morgan fingerprint density at radius 1 is 1.27 bits per heavy atom. The van der Waals surface area contributed by atoms with Gasteiger partial charge in [-0.15, -0.1) is 0 Å². The summed E-state index contributed by atoms with van der Waals surface area (Å²) in [5.74, 6) is -0.189. The summed E-state index contributed by atoms with van der Waals surface area (Å²) in [5.41, 5.74) is 2.62. The van der Waals surface area contributed by atoms with Crippen LogP contribution < -0.4 is 5.32 Å². The summed E-state index contributed by atoms with van der Waals surface area (Å²) in [7, 11) is 0. The molecule has 114 valence electrons. The van der Waals surface area contributed by atoms with Crippen molar-refractivity contribution in [2.45, 2.75) is 19.8 Å². The van der Waals surface area contributed by atoms with Gasteiger partial charge >= 0.3 is 0 Å². The smallest absolute Gasteiger partial charge is 0.273 e. The highest BCUT2D eigenvalue weighted by molar-refractivity contribution is 6.03. The molecule has 1 fully saturated rings. The lowest BCUT2D eigenvalue weighted by Gasteiger charge is -2.16. The number of aryl methyl sites for hydroxylation is 1. The second-order valence-corrected chi connectivity index (χ2v) is 5.45. The summed E-state index contributed by atoms with van der Waals surface area (Å²) in [5, 5.41) is 2.81. The fourth-order valence-electron chi connectivity index (χ4n) is 2.61. The maximum absolute atomic E-state index is 12.3. The Kier molecular flexibility index (Phi) is 3.91. The van der Waals surface area contributed by atoms with E-state index >= 15 is 0 Å². The number of likely N-dealkylation sites (tertiary alicyclic amines) is 1. The predicted molar refractivity (Wildman–Crippen MR) is 82.9 cm³/mol. The molecule has 6 heteroatoms. The van der Waals surface area contributed by atoms with Crippen LogP contribution in [0.15, 0.2) is 30.7 Å². The zero-order valence-corrected chi connectivity index (χ0v) is 12.4. The first-order valence-electron chi connectivity index (χ1n) is 7.35. The quantitative estimate of drug-likeness (QED) is 0.912. The van der Waals surface area contributed by atoms with Gasteiger partial charge in [-0.05, 0) is 43.5 Å². The number of aromatic nitrogens is 2. The Bertz CT molecular complexity index is 688. The van der Waals surface area contributed by atoms with Gasteiger partial charge in [0.1, 0.15) is 5.69 Å². The van der Waals surface area contributed by atoms with Crippen LogP contribution in [0.4, 0.5) is 5.69 Å². The standard InChI is InChI=1S/C16H18N4O2/c1-11-8-12(16(22)20-6-2-3-7-20)4-5-13(11)19-15(21)14-9-17-10-18-14/h4-5,8-10H,2-3,6-7H2,1H3,(H,17,18)(H,19,21). The van der Waals surface area contributed by atoms with Gasteiger partial charge in [0.2, 0.25) is 0 Å². The Balaban J connectivity index is 1.74. The SMILES string of the molecule is Cc1cc(C(=O)N2CCCC2)ccc1NC(=O)c1cnc[nH]1. The lowest BCUT2D eigenvalue weighted by molar-refractivity contribution is 0.0792. The molecule has 1 aliphatic rings. The zero-order valence-electron chi connectivity index (χ0n) is 12.4. The molecule has 1 aromatic heterocycles. The number of benzene rings is 1. The minimum atomic E-state index is -0.251. The van der Waals surface area contributed by atoms with Crippen LogP contribution in [-0.4, -0.2) is 39.8 Å². The first-order valence-corrected chi connectivity index (χ1v) is 7.35. The molecule has 2 aromatic rings. The summed E-state index contributed by atoms with van der Waals surface area (Å²) in [6.07, 6.45) is 5.07.